The van der Waals surface area contributed by atoms with Crippen molar-refractivity contribution in [2.75, 3.05) is 36.4 Å². The van der Waals surface area contributed by atoms with Crippen LogP contribution in [0.15, 0.2) is 78.9 Å². The van der Waals surface area contributed by atoms with Crippen molar-refractivity contribution < 1.29 is 14.0 Å². The molecule has 1 fully saturated rings. The molecule has 2 amide bonds. The van der Waals surface area contributed by atoms with Crippen molar-refractivity contribution in [3.8, 4) is 0 Å². The zero-order chi connectivity index (χ0) is 26.3. The molecule has 0 spiro atoms. The number of anilines is 2. The molecule has 1 unspecified atom stereocenters. The number of amides is 2. The van der Waals surface area contributed by atoms with E-state index in [1.807, 2.05) is 72.5 Å². The van der Waals surface area contributed by atoms with Crippen LogP contribution in [0.5, 0.6) is 0 Å². The second-order valence-corrected chi connectivity index (χ2v) is 9.59. The summed E-state index contributed by atoms with van der Waals surface area (Å²) in [5, 5.41) is 2.80. The number of benzene rings is 3. The first-order valence-corrected chi connectivity index (χ1v) is 12.9. The fraction of sp³-hybridized carbons (Fsp3) is 0.333. The molecule has 6 nitrogen and oxygen atoms in total. The van der Waals surface area contributed by atoms with Crippen LogP contribution < -0.4 is 16.0 Å². The molecule has 37 heavy (non-hydrogen) atoms. The third-order valence-corrected chi connectivity index (χ3v) is 7.32. The monoisotopic (exact) mass is 502 g/mol. The van der Waals surface area contributed by atoms with Gasteiger partial charge in [0, 0.05) is 38.3 Å². The van der Waals surface area contributed by atoms with Gasteiger partial charge in [-0.2, -0.15) is 0 Å². The van der Waals surface area contributed by atoms with Gasteiger partial charge in [-0.3, -0.25) is 14.5 Å². The Labute approximate surface area is 218 Å². The van der Waals surface area contributed by atoms with Crippen LogP contribution in [-0.2, 0) is 22.4 Å². The minimum absolute atomic E-state index is 0.148. The fourth-order valence-corrected chi connectivity index (χ4v) is 5.15. The van der Waals surface area contributed by atoms with Crippen LogP contribution in [0.25, 0.3) is 0 Å². The zero-order valence-corrected chi connectivity index (χ0v) is 21.3. The summed E-state index contributed by atoms with van der Waals surface area (Å²) in [5.41, 5.74) is 8.27. The number of aryl methyl sites for hydroxylation is 1. The maximum Gasteiger partial charge on any atom is 0.238 e. The summed E-state index contributed by atoms with van der Waals surface area (Å²) in [7, 11) is 0. The second kappa shape index (κ2) is 12.0. The highest BCUT2D eigenvalue weighted by Gasteiger charge is 2.42. The number of rotatable bonds is 10. The molecular formula is C30H35FN4O2. The predicted octanol–water partition coefficient (Wildman–Crippen LogP) is 4.40. The number of carbonyl (C=O) groups is 2. The third kappa shape index (κ3) is 6.35. The van der Waals surface area contributed by atoms with Gasteiger partial charge >= 0.3 is 0 Å². The van der Waals surface area contributed by atoms with E-state index in [4.69, 9.17) is 5.73 Å². The summed E-state index contributed by atoms with van der Waals surface area (Å²) in [4.78, 5) is 29.2. The number of nitrogens with two attached hydrogens (primary N) is 1. The molecule has 0 aliphatic carbocycles. The average molecular weight is 503 g/mol. The maximum absolute atomic E-state index is 15.1. The predicted molar refractivity (Wildman–Crippen MR) is 146 cm³/mol. The van der Waals surface area contributed by atoms with Crippen LogP contribution in [0.2, 0.25) is 0 Å². The number of carbonyl (C=O) groups excluding carboxylic acids is 2. The molecular weight excluding hydrogens is 467 g/mol. The van der Waals surface area contributed by atoms with Gasteiger partial charge in [0.1, 0.15) is 11.4 Å². The van der Waals surface area contributed by atoms with Crippen molar-refractivity contribution in [2.24, 2.45) is 5.73 Å². The fourth-order valence-electron chi connectivity index (χ4n) is 5.15. The highest BCUT2D eigenvalue weighted by atomic mass is 19.1. The van der Waals surface area contributed by atoms with E-state index in [9.17, 15) is 9.59 Å². The van der Waals surface area contributed by atoms with Crippen LogP contribution in [0.3, 0.4) is 0 Å². The third-order valence-electron chi connectivity index (χ3n) is 7.32. The summed E-state index contributed by atoms with van der Waals surface area (Å²) < 4.78 is 15.1. The van der Waals surface area contributed by atoms with E-state index in [1.165, 1.54) is 6.07 Å². The lowest BCUT2D eigenvalue weighted by molar-refractivity contribution is -0.131. The quantitative estimate of drug-likeness (QED) is 0.431. The molecule has 0 radical (unpaired) electrons. The minimum Gasteiger partial charge on any atom is -0.368 e. The normalized spacial score (nSPS) is 15.7. The van der Waals surface area contributed by atoms with Crippen LogP contribution in [0, 0.1) is 5.82 Å². The number of primary amides is 1. The lowest BCUT2D eigenvalue weighted by Crippen LogP contribution is -2.63. The number of hydrogen-bond donors (Lipinski definition) is 2. The Morgan fingerprint density at radius 3 is 2.11 bits per heavy atom. The molecule has 0 bridgehead atoms. The van der Waals surface area contributed by atoms with Crippen LogP contribution in [0.1, 0.15) is 30.9 Å². The van der Waals surface area contributed by atoms with Crippen molar-refractivity contribution in [1.82, 2.24) is 4.90 Å². The first-order valence-electron chi connectivity index (χ1n) is 12.9. The van der Waals surface area contributed by atoms with Crippen molar-refractivity contribution in [3.05, 3.63) is 95.8 Å². The van der Waals surface area contributed by atoms with Gasteiger partial charge in [0.15, 0.2) is 0 Å². The highest BCUT2D eigenvalue weighted by molar-refractivity contribution is 5.91. The number of nitrogens with one attached hydrogen (secondary N) is 1. The molecule has 4 rings (SSSR count). The molecule has 3 N–H and O–H groups in total. The summed E-state index contributed by atoms with van der Waals surface area (Å²) >= 11 is 0. The number of halogens is 1. The molecule has 0 saturated carbocycles. The van der Waals surface area contributed by atoms with Gasteiger partial charge < -0.3 is 16.0 Å². The standard InChI is InChI=1S/C30H35FN4O2/c1-2-30(29(32)37,22-24-11-7-4-8-12-24)35-19-17-34(18-20-35)27-15-14-25(21-26(27)31)33-28(36)16-13-23-9-5-3-6-10-23/h3-12,14-15,21H,2,13,16-20,22H2,1H3,(H2,32,37)(H,33,36). The lowest BCUT2D eigenvalue weighted by Gasteiger charge is -2.46. The van der Waals surface area contributed by atoms with Gasteiger partial charge in [-0.25, -0.2) is 4.39 Å². The molecule has 1 aliphatic rings. The number of hydrogen-bond acceptors (Lipinski definition) is 4. The summed E-state index contributed by atoms with van der Waals surface area (Å²) in [6.07, 6.45) is 2.11. The second-order valence-electron chi connectivity index (χ2n) is 9.59. The Kier molecular flexibility index (Phi) is 8.56. The number of piperazine rings is 1. The Bertz CT molecular complexity index is 1200. The van der Waals surface area contributed by atoms with Crippen LogP contribution in [-0.4, -0.2) is 48.4 Å². The molecule has 7 heteroatoms. The Hall–Kier alpha value is -3.71. The highest BCUT2D eigenvalue weighted by Crippen LogP contribution is 2.29. The van der Waals surface area contributed by atoms with E-state index in [0.717, 1.165) is 11.1 Å². The van der Waals surface area contributed by atoms with Crippen molar-refractivity contribution >= 4 is 23.2 Å². The van der Waals surface area contributed by atoms with Gasteiger partial charge in [0.2, 0.25) is 11.8 Å². The van der Waals surface area contributed by atoms with E-state index in [0.29, 0.717) is 63.2 Å². The van der Waals surface area contributed by atoms with E-state index >= 15 is 4.39 Å². The van der Waals surface area contributed by atoms with Gasteiger partial charge in [-0.05, 0) is 48.6 Å². The number of nitrogens with zero attached hydrogens (tertiary/aromatic N) is 2. The smallest absolute Gasteiger partial charge is 0.238 e. The van der Waals surface area contributed by atoms with Crippen molar-refractivity contribution in [1.29, 1.82) is 0 Å². The summed E-state index contributed by atoms with van der Waals surface area (Å²) in [6, 6.07) is 24.5. The molecule has 0 aromatic heterocycles. The van der Waals surface area contributed by atoms with Gasteiger partial charge in [0.25, 0.3) is 0 Å². The van der Waals surface area contributed by atoms with Crippen molar-refractivity contribution in [3.63, 3.8) is 0 Å². The first kappa shape index (κ1) is 26.4. The van der Waals surface area contributed by atoms with E-state index < -0.39 is 5.54 Å². The molecule has 3 aromatic rings. The van der Waals surface area contributed by atoms with Gasteiger partial charge in [-0.15, -0.1) is 0 Å². The Morgan fingerprint density at radius 2 is 1.54 bits per heavy atom. The summed E-state index contributed by atoms with van der Waals surface area (Å²) in [5.74, 6) is -0.855. The topological polar surface area (TPSA) is 78.7 Å². The van der Waals surface area contributed by atoms with Gasteiger partial charge in [-0.1, -0.05) is 67.6 Å². The minimum atomic E-state index is -0.778. The Balaban J connectivity index is 1.36. The van der Waals surface area contributed by atoms with Crippen molar-refractivity contribution in [2.45, 2.75) is 38.1 Å². The summed E-state index contributed by atoms with van der Waals surface area (Å²) in [6.45, 7) is 4.34. The SMILES string of the molecule is CCC(Cc1ccccc1)(C(N)=O)N1CCN(c2ccc(NC(=O)CCc3ccccc3)cc2F)CC1. The Morgan fingerprint density at radius 1 is 0.919 bits per heavy atom. The molecule has 194 valence electrons. The largest absolute Gasteiger partial charge is 0.368 e. The maximum atomic E-state index is 15.1. The molecule has 1 aliphatic heterocycles. The van der Waals surface area contributed by atoms with Crippen LogP contribution in [0.4, 0.5) is 15.8 Å². The van der Waals surface area contributed by atoms with Gasteiger partial charge in [0.05, 0.1) is 5.69 Å². The van der Waals surface area contributed by atoms with E-state index in [-0.39, 0.29) is 17.6 Å². The molecule has 1 atom stereocenters. The van der Waals surface area contributed by atoms with E-state index in [2.05, 4.69) is 10.2 Å². The molecule has 1 saturated heterocycles. The zero-order valence-electron chi connectivity index (χ0n) is 21.3. The molecule has 3 aromatic carbocycles. The lowest BCUT2D eigenvalue weighted by atomic mass is 9.85. The average Bonchev–Trinajstić information content (AvgIpc) is 2.92. The van der Waals surface area contributed by atoms with Crippen LogP contribution >= 0.6 is 0 Å². The van der Waals surface area contributed by atoms with E-state index in [1.54, 1.807) is 12.1 Å². The first-order chi connectivity index (χ1) is 17.9. The molecule has 1 heterocycles.